The number of rotatable bonds is 4. The summed E-state index contributed by atoms with van der Waals surface area (Å²) in [6, 6.07) is 15.2. The smallest absolute Gasteiger partial charge is 0.123 e. The van der Waals surface area contributed by atoms with Crippen LogP contribution in [0.3, 0.4) is 0 Å². The van der Waals surface area contributed by atoms with Gasteiger partial charge in [0.25, 0.3) is 0 Å². The van der Waals surface area contributed by atoms with Crippen LogP contribution in [0.5, 0.6) is 0 Å². The number of nitrogens with zero attached hydrogens (tertiary/aromatic N) is 1. The van der Waals surface area contributed by atoms with Gasteiger partial charge in [-0.15, -0.1) is 0 Å². The standard InChI is InChI=1S/C18H20ClFN2/c19-15-4-6-17(7-5-15)21-18-8-10-22(11-9-18)13-14-2-1-3-16(20)12-14/h1-7,12,18,21H,8-11,13H2. The summed E-state index contributed by atoms with van der Waals surface area (Å²) in [5, 5.41) is 4.32. The Kier molecular flexibility index (Phi) is 4.96. The van der Waals surface area contributed by atoms with Crippen LogP contribution >= 0.6 is 11.6 Å². The van der Waals surface area contributed by atoms with E-state index in [1.54, 1.807) is 12.1 Å². The Morgan fingerprint density at radius 3 is 2.50 bits per heavy atom. The van der Waals surface area contributed by atoms with Crippen molar-refractivity contribution < 1.29 is 4.39 Å². The number of halogens is 2. The van der Waals surface area contributed by atoms with E-state index < -0.39 is 0 Å². The molecule has 0 unspecified atom stereocenters. The highest BCUT2D eigenvalue weighted by molar-refractivity contribution is 6.30. The van der Waals surface area contributed by atoms with Crippen molar-refractivity contribution in [2.75, 3.05) is 18.4 Å². The fraction of sp³-hybridized carbons (Fsp3) is 0.333. The number of hydrogen-bond acceptors (Lipinski definition) is 2. The van der Waals surface area contributed by atoms with Crippen molar-refractivity contribution in [3.63, 3.8) is 0 Å². The van der Waals surface area contributed by atoms with Gasteiger partial charge < -0.3 is 5.32 Å². The van der Waals surface area contributed by atoms with Gasteiger partial charge in [-0.1, -0.05) is 23.7 Å². The predicted molar refractivity (Wildman–Crippen MR) is 89.8 cm³/mol. The van der Waals surface area contributed by atoms with E-state index in [0.717, 1.165) is 48.7 Å². The van der Waals surface area contributed by atoms with Crippen molar-refractivity contribution in [2.45, 2.75) is 25.4 Å². The van der Waals surface area contributed by atoms with Crippen LogP contribution < -0.4 is 5.32 Å². The summed E-state index contributed by atoms with van der Waals surface area (Å²) in [6.07, 6.45) is 2.19. The molecule has 116 valence electrons. The number of hydrogen-bond donors (Lipinski definition) is 1. The van der Waals surface area contributed by atoms with Gasteiger partial charge in [-0.05, 0) is 54.8 Å². The van der Waals surface area contributed by atoms with E-state index >= 15 is 0 Å². The quantitative estimate of drug-likeness (QED) is 0.889. The summed E-state index contributed by atoms with van der Waals surface area (Å²) in [4.78, 5) is 2.38. The van der Waals surface area contributed by atoms with Gasteiger partial charge in [0.05, 0.1) is 0 Å². The van der Waals surface area contributed by atoms with Gasteiger partial charge >= 0.3 is 0 Å². The number of nitrogens with one attached hydrogen (secondary N) is 1. The summed E-state index contributed by atoms with van der Waals surface area (Å²) in [5.41, 5.74) is 2.16. The number of anilines is 1. The van der Waals surface area contributed by atoms with Crippen molar-refractivity contribution in [3.8, 4) is 0 Å². The van der Waals surface area contributed by atoms with Crippen LogP contribution in [-0.2, 0) is 6.54 Å². The molecule has 1 aliphatic rings. The lowest BCUT2D eigenvalue weighted by molar-refractivity contribution is 0.211. The van der Waals surface area contributed by atoms with Gasteiger partial charge in [-0.2, -0.15) is 0 Å². The molecule has 0 atom stereocenters. The normalized spacial score (nSPS) is 16.6. The zero-order valence-electron chi connectivity index (χ0n) is 12.4. The summed E-state index contributed by atoms with van der Waals surface area (Å²) in [7, 11) is 0. The Labute approximate surface area is 135 Å². The topological polar surface area (TPSA) is 15.3 Å². The zero-order chi connectivity index (χ0) is 15.4. The van der Waals surface area contributed by atoms with Crippen LogP contribution in [-0.4, -0.2) is 24.0 Å². The predicted octanol–water partition coefficient (Wildman–Crippen LogP) is 4.56. The minimum Gasteiger partial charge on any atom is -0.382 e. The molecule has 0 aromatic heterocycles. The van der Waals surface area contributed by atoms with Gasteiger partial charge in [-0.25, -0.2) is 4.39 Å². The minimum absolute atomic E-state index is 0.156. The van der Waals surface area contributed by atoms with Gasteiger partial charge in [-0.3, -0.25) is 4.90 Å². The molecular weight excluding hydrogens is 299 g/mol. The van der Waals surface area contributed by atoms with Gasteiger partial charge in [0.15, 0.2) is 0 Å². The third kappa shape index (κ3) is 4.21. The third-order valence-electron chi connectivity index (χ3n) is 4.10. The Bertz CT molecular complexity index is 607. The highest BCUT2D eigenvalue weighted by Gasteiger charge is 2.19. The first kappa shape index (κ1) is 15.3. The second kappa shape index (κ2) is 7.12. The molecule has 0 radical (unpaired) electrons. The molecule has 2 aromatic carbocycles. The molecule has 2 nitrogen and oxygen atoms in total. The van der Waals surface area contributed by atoms with E-state index in [-0.39, 0.29) is 5.82 Å². The van der Waals surface area contributed by atoms with Crippen LogP contribution in [0.4, 0.5) is 10.1 Å². The van der Waals surface area contributed by atoms with Crippen LogP contribution in [0, 0.1) is 5.82 Å². The lowest BCUT2D eigenvalue weighted by atomic mass is 10.0. The van der Waals surface area contributed by atoms with E-state index in [1.807, 2.05) is 30.3 Å². The van der Waals surface area contributed by atoms with Gasteiger partial charge in [0, 0.05) is 36.4 Å². The van der Waals surface area contributed by atoms with Crippen molar-refractivity contribution in [1.29, 1.82) is 0 Å². The van der Waals surface area contributed by atoms with Crippen LogP contribution in [0.25, 0.3) is 0 Å². The number of likely N-dealkylation sites (tertiary alicyclic amines) is 1. The molecule has 0 bridgehead atoms. The van der Waals surface area contributed by atoms with E-state index in [2.05, 4.69) is 10.2 Å². The Hall–Kier alpha value is -1.58. The van der Waals surface area contributed by atoms with Crippen molar-refractivity contribution in [3.05, 3.63) is 64.9 Å². The average molecular weight is 319 g/mol. The molecule has 0 saturated carbocycles. The Morgan fingerprint density at radius 2 is 1.82 bits per heavy atom. The highest BCUT2D eigenvalue weighted by Crippen LogP contribution is 2.20. The minimum atomic E-state index is -0.156. The third-order valence-corrected chi connectivity index (χ3v) is 4.35. The molecule has 0 amide bonds. The first-order valence-corrected chi connectivity index (χ1v) is 8.06. The maximum Gasteiger partial charge on any atom is 0.123 e. The molecule has 1 fully saturated rings. The maximum absolute atomic E-state index is 13.2. The molecule has 4 heteroatoms. The fourth-order valence-electron chi connectivity index (χ4n) is 2.91. The first-order valence-electron chi connectivity index (χ1n) is 7.68. The molecule has 1 saturated heterocycles. The summed E-state index contributed by atoms with van der Waals surface area (Å²) >= 11 is 5.90. The SMILES string of the molecule is Fc1cccc(CN2CCC(Nc3ccc(Cl)cc3)CC2)c1. The largest absolute Gasteiger partial charge is 0.382 e. The van der Waals surface area contributed by atoms with Gasteiger partial charge in [0.2, 0.25) is 0 Å². The lowest BCUT2D eigenvalue weighted by Gasteiger charge is -2.33. The van der Waals surface area contributed by atoms with Crippen LogP contribution in [0.2, 0.25) is 5.02 Å². The van der Waals surface area contributed by atoms with Crippen molar-refractivity contribution in [1.82, 2.24) is 4.90 Å². The monoisotopic (exact) mass is 318 g/mol. The molecule has 0 aliphatic carbocycles. The summed E-state index contributed by atoms with van der Waals surface area (Å²) in [6.45, 7) is 2.88. The zero-order valence-corrected chi connectivity index (χ0v) is 13.2. The summed E-state index contributed by atoms with van der Waals surface area (Å²) < 4.78 is 13.2. The average Bonchev–Trinajstić information content (AvgIpc) is 2.52. The maximum atomic E-state index is 13.2. The Morgan fingerprint density at radius 1 is 1.09 bits per heavy atom. The molecule has 1 heterocycles. The van der Waals surface area contributed by atoms with Crippen molar-refractivity contribution >= 4 is 17.3 Å². The van der Waals surface area contributed by atoms with E-state index in [0.29, 0.717) is 6.04 Å². The van der Waals surface area contributed by atoms with Crippen LogP contribution in [0.15, 0.2) is 48.5 Å². The summed E-state index contributed by atoms with van der Waals surface area (Å²) in [5.74, 6) is -0.156. The van der Waals surface area contributed by atoms with Crippen molar-refractivity contribution in [2.24, 2.45) is 0 Å². The second-order valence-electron chi connectivity index (χ2n) is 5.83. The molecule has 1 N–H and O–H groups in total. The number of benzene rings is 2. The second-order valence-corrected chi connectivity index (χ2v) is 6.27. The lowest BCUT2D eigenvalue weighted by Crippen LogP contribution is -2.38. The van der Waals surface area contributed by atoms with E-state index in [4.69, 9.17) is 11.6 Å². The molecule has 2 aromatic rings. The first-order chi connectivity index (χ1) is 10.7. The van der Waals surface area contributed by atoms with E-state index in [1.165, 1.54) is 6.07 Å². The molecule has 1 aliphatic heterocycles. The number of piperidine rings is 1. The van der Waals surface area contributed by atoms with E-state index in [9.17, 15) is 4.39 Å². The molecule has 22 heavy (non-hydrogen) atoms. The molecular formula is C18H20ClFN2. The molecule has 0 spiro atoms. The highest BCUT2D eigenvalue weighted by atomic mass is 35.5. The van der Waals surface area contributed by atoms with Crippen LogP contribution in [0.1, 0.15) is 18.4 Å². The molecule has 3 rings (SSSR count). The van der Waals surface area contributed by atoms with Gasteiger partial charge in [0.1, 0.15) is 5.82 Å². The fourth-order valence-corrected chi connectivity index (χ4v) is 3.04. The Balaban J connectivity index is 1.49.